The minimum atomic E-state index is -0.519. The number of rotatable bonds is 5. The number of ether oxygens (including phenoxy) is 1. The predicted octanol–water partition coefficient (Wildman–Crippen LogP) is 2.06. The van der Waals surface area contributed by atoms with E-state index >= 15 is 0 Å². The van der Waals surface area contributed by atoms with Gasteiger partial charge in [-0.1, -0.05) is 6.07 Å². The number of nitro benzene ring substituents is 1. The fourth-order valence-corrected chi connectivity index (χ4v) is 1.56. The molecule has 0 spiro atoms. The van der Waals surface area contributed by atoms with Gasteiger partial charge in [0.25, 0.3) is 0 Å². The minimum absolute atomic E-state index is 0.127. The van der Waals surface area contributed by atoms with E-state index in [-0.39, 0.29) is 24.7 Å². The van der Waals surface area contributed by atoms with Crippen molar-refractivity contribution in [3.05, 3.63) is 64.0 Å². The normalized spacial score (nSPS) is 10.2. The van der Waals surface area contributed by atoms with Crippen LogP contribution < -0.4 is 4.74 Å². The molecular formula is C13H12N2O4. The van der Waals surface area contributed by atoms with Crippen molar-refractivity contribution < 1.29 is 14.8 Å². The highest BCUT2D eigenvalue weighted by molar-refractivity contribution is 5.48. The monoisotopic (exact) mass is 260 g/mol. The third-order valence-electron chi connectivity index (χ3n) is 2.51. The highest BCUT2D eigenvalue weighted by atomic mass is 16.6. The van der Waals surface area contributed by atoms with Gasteiger partial charge >= 0.3 is 5.69 Å². The third-order valence-corrected chi connectivity index (χ3v) is 2.51. The van der Waals surface area contributed by atoms with Crippen molar-refractivity contribution >= 4 is 5.69 Å². The van der Waals surface area contributed by atoms with Crippen LogP contribution in [0.3, 0.4) is 0 Å². The summed E-state index contributed by atoms with van der Waals surface area (Å²) in [4.78, 5) is 14.4. The molecule has 1 aromatic heterocycles. The summed E-state index contributed by atoms with van der Waals surface area (Å²) in [5, 5.41) is 19.9. The van der Waals surface area contributed by atoms with E-state index < -0.39 is 4.92 Å². The minimum Gasteiger partial charge on any atom is -0.480 e. The highest BCUT2D eigenvalue weighted by Crippen LogP contribution is 2.28. The Morgan fingerprint density at radius 3 is 2.79 bits per heavy atom. The lowest BCUT2D eigenvalue weighted by Gasteiger charge is -2.07. The zero-order chi connectivity index (χ0) is 13.7. The van der Waals surface area contributed by atoms with Crippen LogP contribution in [0.25, 0.3) is 0 Å². The molecule has 1 aromatic carbocycles. The first-order valence-electron chi connectivity index (χ1n) is 5.61. The Kier molecular flexibility index (Phi) is 4.04. The van der Waals surface area contributed by atoms with Crippen molar-refractivity contribution in [2.45, 2.75) is 13.2 Å². The van der Waals surface area contributed by atoms with Crippen molar-refractivity contribution in [2.24, 2.45) is 0 Å². The van der Waals surface area contributed by atoms with Gasteiger partial charge in [-0.05, 0) is 29.8 Å². The predicted molar refractivity (Wildman–Crippen MR) is 67.6 cm³/mol. The van der Waals surface area contributed by atoms with Gasteiger partial charge in [0.05, 0.1) is 17.2 Å². The fourth-order valence-electron chi connectivity index (χ4n) is 1.56. The Bertz CT molecular complexity index is 572. The number of hydrogen-bond donors (Lipinski definition) is 1. The van der Waals surface area contributed by atoms with E-state index in [9.17, 15) is 10.1 Å². The van der Waals surface area contributed by atoms with Crippen molar-refractivity contribution in [1.82, 2.24) is 4.98 Å². The fraction of sp³-hybridized carbons (Fsp3) is 0.154. The first kappa shape index (κ1) is 13.0. The highest BCUT2D eigenvalue weighted by Gasteiger charge is 2.15. The molecule has 6 heteroatoms. The molecule has 6 nitrogen and oxygen atoms in total. The van der Waals surface area contributed by atoms with Crippen molar-refractivity contribution in [3.8, 4) is 5.75 Å². The summed E-state index contributed by atoms with van der Waals surface area (Å²) >= 11 is 0. The molecule has 2 rings (SSSR count). The molecule has 98 valence electrons. The molecule has 0 aliphatic rings. The molecule has 0 aliphatic heterocycles. The molecule has 0 amide bonds. The van der Waals surface area contributed by atoms with Crippen LogP contribution in [0, 0.1) is 10.1 Å². The average molecular weight is 260 g/mol. The van der Waals surface area contributed by atoms with Gasteiger partial charge in [-0.2, -0.15) is 0 Å². The van der Waals surface area contributed by atoms with E-state index in [0.29, 0.717) is 11.3 Å². The summed E-state index contributed by atoms with van der Waals surface area (Å²) in [6.45, 7) is -0.0610. The standard InChI is InChI=1S/C13H12N2O4/c16-8-10-4-5-12(15(17)18)13(7-10)19-9-11-3-1-2-6-14-11/h1-7,16H,8-9H2. The Morgan fingerprint density at radius 1 is 1.32 bits per heavy atom. The largest absolute Gasteiger partial charge is 0.480 e. The number of pyridine rings is 1. The van der Waals surface area contributed by atoms with Gasteiger partial charge in [-0.15, -0.1) is 0 Å². The van der Waals surface area contributed by atoms with E-state index in [1.165, 1.54) is 18.2 Å². The smallest absolute Gasteiger partial charge is 0.310 e. The molecule has 0 bridgehead atoms. The Morgan fingerprint density at radius 2 is 2.16 bits per heavy atom. The zero-order valence-electron chi connectivity index (χ0n) is 10.0. The zero-order valence-corrected chi connectivity index (χ0v) is 10.0. The number of nitrogens with zero attached hydrogens (tertiary/aromatic N) is 2. The number of aliphatic hydroxyl groups excluding tert-OH is 1. The number of aliphatic hydroxyl groups is 1. The maximum Gasteiger partial charge on any atom is 0.310 e. The van der Waals surface area contributed by atoms with E-state index in [0.717, 1.165) is 0 Å². The maximum atomic E-state index is 10.9. The molecule has 1 heterocycles. The van der Waals surface area contributed by atoms with Crippen LogP contribution in [0.1, 0.15) is 11.3 Å². The summed E-state index contributed by atoms with van der Waals surface area (Å²) in [5.74, 6) is 0.127. The summed E-state index contributed by atoms with van der Waals surface area (Å²) < 4.78 is 5.41. The molecule has 0 saturated heterocycles. The number of benzene rings is 1. The van der Waals surface area contributed by atoms with Crippen LogP contribution in [0.5, 0.6) is 5.75 Å². The van der Waals surface area contributed by atoms with Crippen LogP contribution in [0.2, 0.25) is 0 Å². The summed E-state index contributed by atoms with van der Waals surface area (Å²) in [7, 11) is 0. The van der Waals surface area contributed by atoms with Crippen LogP contribution in [-0.2, 0) is 13.2 Å². The van der Waals surface area contributed by atoms with Gasteiger partial charge in [0.15, 0.2) is 5.75 Å². The molecule has 19 heavy (non-hydrogen) atoms. The molecule has 0 aliphatic carbocycles. The van der Waals surface area contributed by atoms with Crippen LogP contribution in [0.4, 0.5) is 5.69 Å². The maximum absolute atomic E-state index is 10.9. The summed E-state index contributed by atoms with van der Waals surface area (Å²) in [6.07, 6.45) is 1.62. The lowest BCUT2D eigenvalue weighted by Crippen LogP contribution is -2.01. The lowest BCUT2D eigenvalue weighted by atomic mass is 10.2. The van der Waals surface area contributed by atoms with Gasteiger partial charge in [-0.3, -0.25) is 15.1 Å². The molecule has 0 atom stereocenters. The Balaban J connectivity index is 2.20. The molecule has 2 aromatic rings. The number of aromatic nitrogens is 1. The number of nitro groups is 1. The Hall–Kier alpha value is -2.47. The SMILES string of the molecule is O=[N+]([O-])c1ccc(CO)cc1OCc1ccccn1. The summed E-state index contributed by atoms with van der Waals surface area (Å²) in [5.41, 5.74) is 1.10. The lowest BCUT2D eigenvalue weighted by molar-refractivity contribution is -0.386. The topological polar surface area (TPSA) is 85.5 Å². The van der Waals surface area contributed by atoms with Gasteiger partial charge in [0, 0.05) is 12.3 Å². The molecule has 0 unspecified atom stereocenters. The second-order valence-corrected chi connectivity index (χ2v) is 3.83. The van der Waals surface area contributed by atoms with Crippen LogP contribution >= 0.6 is 0 Å². The van der Waals surface area contributed by atoms with E-state index in [4.69, 9.17) is 9.84 Å². The van der Waals surface area contributed by atoms with Gasteiger partial charge in [0.2, 0.25) is 0 Å². The second-order valence-electron chi connectivity index (χ2n) is 3.83. The van der Waals surface area contributed by atoms with Crippen molar-refractivity contribution in [2.75, 3.05) is 0 Å². The van der Waals surface area contributed by atoms with E-state index in [1.807, 2.05) is 6.07 Å². The van der Waals surface area contributed by atoms with Crippen molar-refractivity contribution in [3.63, 3.8) is 0 Å². The second kappa shape index (κ2) is 5.92. The summed E-state index contributed by atoms with van der Waals surface area (Å²) in [6, 6.07) is 9.62. The third kappa shape index (κ3) is 3.26. The first-order chi connectivity index (χ1) is 9.20. The van der Waals surface area contributed by atoms with Crippen LogP contribution in [0.15, 0.2) is 42.6 Å². The molecule has 0 fully saturated rings. The van der Waals surface area contributed by atoms with Gasteiger partial charge in [-0.25, -0.2) is 0 Å². The van der Waals surface area contributed by atoms with Crippen LogP contribution in [-0.4, -0.2) is 15.0 Å². The van der Waals surface area contributed by atoms with Gasteiger partial charge < -0.3 is 9.84 Å². The molecular weight excluding hydrogens is 248 g/mol. The van der Waals surface area contributed by atoms with Gasteiger partial charge in [0.1, 0.15) is 6.61 Å². The van der Waals surface area contributed by atoms with E-state index in [1.54, 1.807) is 18.3 Å². The van der Waals surface area contributed by atoms with Crippen molar-refractivity contribution in [1.29, 1.82) is 0 Å². The number of hydrogen-bond acceptors (Lipinski definition) is 5. The van der Waals surface area contributed by atoms with E-state index in [2.05, 4.69) is 4.98 Å². The Labute approximate surface area is 109 Å². The molecule has 0 radical (unpaired) electrons. The quantitative estimate of drug-likeness (QED) is 0.657. The molecule has 1 N–H and O–H groups in total. The molecule has 0 saturated carbocycles. The first-order valence-corrected chi connectivity index (χ1v) is 5.61. The average Bonchev–Trinajstić information content (AvgIpc) is 2.45.